The van der Waals surface area contributed by atoms with E-state index < -0.39 is 0 Å². The fourth-order valence-corrected chi connectivity index (χ4v) is 4.29. The SMILES string of the molecule is CCc1nnc(NC(=O)C2CCCN(C(=O)c3cccc4ccccc34)C2)s1. The van der Waals surface area contributed by atoms with Crippen LogP contribution in [-0.2, 0) is 11.2 Å². The van der Waals surface area contributed by atoms with Crippen LogP contribution in [0.5, 0.6) is 0 Å². The van der Waals surface area contributed by atoms with Gasteiger partial charge in [-0.15, -0.1) is 10.2 Å². The van der Waals surface area contributed by atoms with Crippen LogP contribution in [0.25, 0.3) is 10.8 Å². The number of aryl methyl sites for hydroxylation is 1. The molecular weight excluding hydrogens is 372 g/mol. The number of carbonyl (C=O) groups is 2. The highest BCUT2D eigenvalue weighted by Gasteiger charge is 2.30. The predicted octanol–water partition coefficient (Wildman–Crippen LogP) is 3.74. The second kappa shape index (κ2) is 8.06. The molecule has 28 heavy (non-hydrogen) atoms. The van der Waals surface area contributed by atoms with Crippen molar-refractivity contribution in [2.24, 2.45) is 5.92 Å². The molecule has 1 N–H and O–H groups in total. The van der Waals surface area contributed by atoms with Crippen LogP contribution in [0.15, 0.2) is 42.5 Å². The zero-order valence-electron chi connectivity index (χ0n) is 15.7. The van der Waals surface area contributed by atoms with Crippen LogP contribution in [0.4, 0.5) is 5.13 Å². The fraction of sp³-hybridized carbons (Fsp3) is 0.333. The monoisotopic (exact) mass is 394 g/mol. The molecule has 0 spiro atoms. The Labute approximate surface area is 167 Å². The number of benzene rings is 2. The Morgan fingerprint density at radius 3 is 2.82 bits per heavy atom. The van der Waals surface area contributed by atoms with E-state index in [1.807, 2.05) is 49.4 Å². The van der Waals surface area contributed by atoms with Crippen LogP contribution in [-0.4, -0.2) is 40.0 Å². The third kappa shape index (κ3) is 3.75. The maximum absolute atomic E-state index is 13.2. The number of amides is 2. The van der Waals surface area contributed by atoms with Gasteiger partial charge in [0, 0.05) is 18.7 Å². The molecule has 0 aliphatic carbocycles. The Bertz CT molecular complexity index is 1010. The molecule has 0 saturated carbocycles. The van der Waals surface area contributed by atoms with Gasteiger partial charge in [0.25, 0.3) is 5.91 Å². The van der Waals surface area contributed by atoms with Gasteiger partial charge >= 0.3 is 0 Å². The van der Waals surface area contributed by atoms with Gasteiger partial charge in [-0.05, 0) is 36.1 Å². The van der Waals surface area contributed by atoms with Crippen LogP contribution in [0.3, 0.4) is 0 Å². The molecule has 4 rings (SSSR count). The van der Waals surface area contributed by atoms with Crippen LogP contribution in [0, 0.1) is 5.92 Å². The van der Waals surface area contributed by atoms with E-state index in [9.17, 15) is 9.59 Å². The van der Waals surface area contributed by atoms with E-state index in [0.29, 0.717) is 23.8 Å². The zero-order chi connectivity index (χ0) is 19.5. The molecule has 1 unspecified atom stereocenters. The number of nitrogens with one attached hydrogen (secondary N) is 1. The highest BCUT2D eigenvalue weighted by Crippen LogP contribution is 2.25. The fourth-order valence-electron chi connectivity index (χ4n) is 3.61. The number of rotatable bonds is 4. The van der Waals surface area contributed by atoms with Gasteiger partial charge in [0.15, 0.2) is 0 Å². The molecule has 0 bridgehead atoms. The van der Waals surface area contributed by atoms with Crippen LogP contribution in [0.2, 0.25) is 0 Å². The smallest absolute Gasteiger partial charge is 0.254 e. The first-order chi connectivity index (χ1) is 13.7. The standard InChI is InChI=1S/C21H22N4O2S/c1-2-18-23-24-21(28-18)22-19(26)15-9-6-12-25(13-15)20(27)17-11-5-8-14-7-3-4-10-16(14)17/h3-5,7-8,10-11,15H,2,6,9,12-13H2,1H3,(H,22,24,26). The highest BCUT2D eigenvalue weighted by atomic mass is 32.1. The van der Waals surface area contributed by atoms with Gasteiger partial charge in [0.2, 0.25) is 11.0 Å². The highest BCUT2D eigenvalue weighted by molar-refractivity contribution is 7.15. The summed E-state index contributed by atoms with van der Waals surface area (Å²) in [7, 11) is 0. The van der Waals surface area contributed by atoms with E-state index in [-0.39, 0.29) is 17.7 Å². The van der Waals surface area contributed by atoms with E-state index in [2.05, 4.69) is 15.5 Å². The molecule has 1 aromatic heterocycles. The lowest BCUT2D eigenvalue weighted by atomic mass is 9.95. The predicted molar refractivity (Wildman–Crippen MR) is 110 cm³/mol. The average molecular weight is 395 g/mol. The number of piperidine rings is 1. The van der Waals surface area contributed by atoms with Gasteiger partial charge in [-0.2, -0.15) is 0 Å². The number of hydrogen-bond acceptors (Lipinski definition) is 5. The Morgan fingerprint density at radius 1 is 1.18 bits per heavy atom. The summed E-state index contributed by atoms with van der Waals surface area (Å²) in [5.41, 5.74) is 0.691. The molecule has 144 valence electrons. The molecule has 1 fully saturated rings. The van der Waals surface area contributed by atoms with Crippen molar-refractivity contribution >= 4 is 39.1 Å². The molecule has 2 amide bonds. The van der Waals surface area contributed by atoms with E-state index in [0.717, 1.165) is 35.0 Å². The molecule has 1 saturated heterocycles. The minimum absolute atomic E-state index is 0.0153. The molecule has 2 heterocycles. The minimum atomic E-state index is -0.235. The summed E-state index contributed by atoms with van der Waals surface area (Å²) in [5, 5.41) is 14.3. The summed E-state index contributed by atoms with van der Waals surface area (Å²) in [6, 6.07) is 13.7. The van der Waals surface area contributed by atoms with Gasteiger partial charge in [-0.1, -0.05) is 54.7 Å². The van der Waals surface area contributed by atoms with Crippen molar-refractivity contribution in [3.63, 3.8) is 0 Å². The number of nitrogens with zero attached hydrogens (tertiary/aromatic N) is 3. The second-order valence-corrected chi connectivity index (χ2v) is 8.02. The molecule has 7 heteroatoms. The quantitative estimate of drug-likeness (QED) is 0.731. The van der Waals surface area contributed by atoms with E-state index in [4.69, 9.17) is 0 Å². The van der Waals surface area contributed by atoms with Crippen LogP contribution >= 0.6 is 11.3 Å². The molecule has 0 radical (unpaired) electrons. The van der Waals surface area contributed by atoms with Gasteiger partial charge in [-0.25, -0.2) is 0 Å². The molecule has 1 atom stereocenters. The maximum atomic E-state index is 13.2. The molecule has 1 aliphatic heterocycles. The lowest BCUT2D eigenvalue weighted by Gasteiger charge is -2.32. The summed E-state index contributed by atoms with van der Waals surface area (Å²) >= 11 is 1.40. The van der Waals surface area contributed by atoms with Gasteiger partial charge < -0.3 is 10.2 Å². The molecule has 3 aromatic rings. The van der Waals surface area contributed by atoms with Gasteiger partial charge in [0.05, 0.1) is 5.92 Å². The first kappa shape index (κ1) is 18.6. The summed E-state index contributed by atoms with van der Waals surface area (Å²) in [5.74, 6) is -0.339. The average Bonchev–Trinajstić information content (AvgIpc) is 3.20. The number of hydrogen-bond donors (Lipinski definition) is 1. The third-order valence-corrected chi connectivity index (χ3v) is 6.08. The number of anilines is 1. The van der Waals surface area contributed by atoms with E-state index in [1.165, 1.54) is 11.3 Å². The Kier molecular flexibility index (Phi) is 5.34. The first-order valence-electron chi connectivity index (χ1n) is 9.56. The van der Waals surface area contributed by atoms with Crippen molar-refractivity contribution in [3.8, 4) is 0 Å². The molecule has 1 aliphatic rings. The maximum Gasteiger partial charge on any atom is 0.254 e. The van der Waals surface area contributed by atoms with Gasteiger partial charge in [0.1, 0.15) is 5.01 Å². The number of likely N-dealkylation sites (tertiary alicyclic amines) is 1. The van der Waals surface area contributed by atoms with Crippen LogP contribution < -0.4 is 5.32 Å². The summed E-state index contributed by atoms with van der Waals surface area (Å²) < 4.78 is 0. The van der Waals surface area contributed by atoms with Crippen molar-refractivity contribution in [1.82, 2.24) is 15.1 Å². The topological polar surface area (TPSA) is 75.2 Å². The van der Waals surface area contributed by atoms with Crippen molar-refractivity contribution in [2.45, 2.75) is 26.2 Å². The first-order valence-corrected chi connectivity index (χ1v) is 10.4. The van der Waals surface area contributed by atoms with Gasteiger partial charge in [-0.3, -0.25) is 9.59 Å². The Hall–Kier alpha value is -2.80. The Balaban J connectivity index is 1.48. The zero-order valence-corrected chi connectivity index (χ0v) is 16.5. The second-order valence-electron chi connectivity index (χ2n) is 6.96. The number of fused-ring (bicyclic) bond motifs is 1. The largest absolute Gasteiger partial charge is 0.338 e. The van der Waals surface area contributed by atoms with Crippen LogP contribution in [0.1, 0.15) is 35.1 Å². The van der Waals surface area contributed by atoms with E-state index in [1.54, 1.807) is 4.90 Å². The lowest BCUT2D eigenvalue weighted by Crippen LogP contribution is -2.43. The third-order valence-electron chi connectivity index (χ3n) is 5.10. The number of aromatic nitrogens is 2. The van der Waals surface area contributed by atoms with Crippen molar-refractivity contribution in [3.05, 3.63) is 53.0 Å². The van der Waals surface area contributed by atoms with Crippen molar-refractivity contribution in [1.29, 1.82) is 0 Å². The molecule has 6 nitrogen and oxygen atoms in total. The van der Waals surface area contributed by atoms with Crippen molar-refractivity contribution in [2.75, 3.05) is 18.4 Å². The Morgan fingerprint density at radius 2 is 2.00 bits per heavy atom. The summed E-state index contributed by atoms with van der Waals surface area (Å²) in [6.07, 6.45) is 2.37. The van der Waals surface area contributed by atoms with E-state index >= 15 is 0 Å². The lowest BCUT2D eigenvalue weighted by molar-refractivity contribution is -0.121. The number of carbonyl (C=O) groups excluding carboxylic acids is 2. The molecule has 2 aromatic carbocycles. The van der Waals surface area contributed by atoms with Crippen molar-refractivity contribution < 1.29 is 9.59 Å². The summed E-state index contributed by atoms with van der Waals surface area (Å²) in [4.78, 5) is 27.6. The summed E-state index contributed by atoms with van der Waals surface area (Å²) in [6.45, 7) is 3.10. The normalized spacial score (nSPS) is 16.9. The minimum Gasteiger partial charge on any atom is -0.338 e. The molecular formula is C21H22N4O2S.